The van der Waals surface area contributed by atoms with E-state index in [9.17, 15) is 4.79 Å². The molecule has 0 unspecified atom stereocenters. The second-order valence-corrected chi connectivity index (χ2v) is 3.79. The highest BCUT2D eigenvalue weighted by molar-refractivity contribution is 5.94. The van der Waals surface area contributed by atoms with Crippen molar-refractivity contribution in [2.75, 3.05) is 0 Å². The third kappa shape index (κ3) is 3.40. The van der Waals surface area contributed by atoms with Crippen LogP contribution in [0.15, 0.2) is 61.4 Å². The number of hydrogen-bond donors (Lipinski definition) is 0. The summed E-state index contributed by atoms with van der Waals surface area (Å²) >= 11 is 0. The van der Waals surface area contributed by atoms with Crippen LogP contribution < -0.4 is 21.7 Å². The molecule has 0 radical (unpaired) electrons. The van der Waals surface area contributed by atoms with Crippen molar-refractivity contribution in [3.05, 3.63) is 67.0 Å². The minimum atomic E-state index is 0. The van der Waals surface area contributed by atoms with Gasteiger partial charge in [0.25, 0.3) is 0 Å². The summed E-state index contributed by atoms with van der Waals surface area (Å²) in [5, 5.41) is 0. The predicted octanol–water partition coefficient (Wildman–Crippen LogP) is -1.15. The van der Waals surface area contributed by atoms with Gasteiger partial charge in [0.05, 0.1) is 12.7 Å². The van der Waals surface area contributed by atoms with Crippen LogP contribution in [0, 0.1) is 0 Å². The third-order valence-corrected chi connectivity index (χ3v) is 2.56. The number of nitrogens with zero attached hydrogens (tertiary/aromatic N) is 2. The molecule has 1 heterocycles. The van der Waals surface area contributed by atoms with Crippen LogP contribution in [-0.2, 0) is 13.1 Å². The van der Waals surface area contributed by atoms with Gasteiger partial charge in [0, 0.05) is 11.6 Å². The molecule has 0 N–H and O–H groups in total. The fourth-order valence-electron chi connectivity index (χ4n) is 1.71. The number of Topliss-reactive ketones (excluding diaryl/α,β-unsaturated/α-hetero) is 1. The smallest absolute Gasteiger partial charge is 0.234 e. The monoisotopic (exact) mass is 306 g/mol. The van der Waals surface area contributed by atoms with Gasteiger partial charge < -0.3 is 17.0 Å². The molecule has 18 heavy (non-hydrogen) atoms. The molecule has 0 amide bonds. The van der Waals surface area contributed by atoms with Crippen LogP contribution in [0.4, 0.5) is 0 Å². The van der Waals surface area contributed by atoms with Crippen LogP contribution in [0.3, 0.4) is 0 Å². The maximum Gasteiger partial charge on any atom is 0.234 e. The molecule has 4 heteroatoms. The lowest BCUT2D eigenvalue weighted by molar-refractivity contribution is -0.762. The normalized spacial score (nSPS) is 9.56. The number of benzene rings is 1. The van der Waals surface area contributed by atoms with Gasteiger partial charge in [0.2, 0.25) is 12.3 Å². The Labute approximate surface area is 117 Å². The number of hydrogen-bond acceptors (Lipinski definition) is 1. The summed E-state index contributed by atoms with van der Waals surface area (Å²) in [5.74, 6) is 0.111. The van der Waals surface area contributed by atoms with Gasteiger partial charge in [-0.05, 0) is 0 Å². The van der Waals surface area contributed by atoms with Gasteiger partial charge in [0.15, 0.2) is 6.20 Å². The summed E-state index contributed by atoms with van der Waals surface area (Å²) in [5.41, 5.74) is 0.742. The lowest BCUT2D eigenvalue weighted by Crippen LogP contribution is -3.00. The third-order valence-electron chi connectivity index (χ3n) is 2.56. The van der Waals surface area contributed by atoms with Gasteiger partial charge in [-0.1, -0.05) is 36.4 Å². The maximum absolute atomic E-state index is 12.0. The number of carbonyl (C=O) groups excluding carboxylic acids is 1. The van der Waals surface area contributed by atoms with E-state index in [1.54, 1.807) is 0 Å². The highest BCUT2D eigenvalue weighted by Gasteiger charge is 2.14. The fourth-order valence-corrected chi connectivity index (χ4v) is 1.71. The molecule has 3 nitrogen and oxygen atoms in total. The molecule has 2 rings (SSSR count). The molecular formula is C14H15BrN2O. The highest BCUT2D eigenvalue weighted by Crippen LogP contribution is 1.99. The first-order valence-corrected chi connectivity index (χ1v) is 5.55. The Balaban J connectivity index is 0.00000162. The van der Waals surface area contributed by atoms with Gasteiger partial charge in [-0.2, -0.15) is 4.68 Å². The minimum Gasteiger partial charge on any atom is -1.00 e. The van der Waals surface area contributed by atoms with Gasteiger partial charge in [-0.3, -0.25) is 4.79 Å². The zero-order valence-corrected chi connectivity index (χ0v) is 11.6. The van der Waals surface area contributed by atoms with Crippen molar-refractivity contribution >= 4 is 5.78 Å². The zero-order chi connectivity index (χ0) is 12.1. The Morgan fingerprint density at radius 1 is 1.28 bits per heavy atom. The molecule has 0 fully saturated rings. The Hall–Kier alpha value is -1.68. The van der Waals surface area contributed by atoms with Crippen LogP contribution in [0.25, 0.3) is 0 Å². The Bertz CT molecular complexity index is 520. The molecular weight excluding hydrogens is 292 g/mol. The summed E-state index contributed by atoms with van der Waals surface area (Å²) < 4.78 is 3.84. The van der Waals surface area contributed by atoms with Crippen LogP contribution in [0.2, 0.25) is 0 Å². The van der Waals surface area contributed by atoms with Crippen molar-refractivity contribution in [3.8, 4) is 0 Å². The van der Waals surface area contributed by atoms with Crippen molar-refractivity contribution in [2.45, 2.75) is 13.1 Å². The van der Waals surface area contributed by atoms with E-state index < -0.39 is 0 Å². The number of halogens is 1. The quantitative estimate of drug-likeness (QED) is 0.389. The van der Waals surface area contributed by atoms with Crippen LogP contribution in [-0.4, -0.2) is 10.5 Å². The molecule has 0 aliphatic rings. The van der Waals surface area contributed by atoms with Gasteiger partial charge in [-0.25, -0.2) is 0 Å². The summed E-state index contributed by atoms with van der Waals surface area (Å²) in [6, 6.07) is 11.3. The zero-order valence-electron chi connectivity index (χ0n) is 10.00. The molecule has 2 aromatic rings. The van der Waals surface area contributed by atoms with E-state index in [1.807, 2.05) is 64.2 Å². The topological polar surface area (TPSA) is 25.9 Å². The van der Waals surface area contributed by atoms with Crippen LogP contribution in [0.1, 0.15) is 10.4 Å². The molecule has 0 aliphatic carbocycles. The maximum atomic E-state index is 12.0. The van der Waals surface area contributed by atoms with Crippen molar-refractivity contribution < 1.29 is 26.5 Å². The minimum absolute atomic E-state index is 0. The van der Waals surface area contributed by atoms with E-state index in [0.717, 1.165) is 5.56 Å². The Morgan fingerprint density at radius 2 is 2.00 bits per heavy atom. The summed E-state index contributed by atoms with van der Waals surface area (Å²) in [4.78, 5) is 12.0. The van der Waals surface area contributed by atoms with Gasteiger partial charge in [-0.15, -0.1) is 11.3 Å². The van der Waals surface area contributed by atoms with E-state index in [4.69, 9.17) is 0 Å². The standard InChI is InChI=1S/C14H15N2O.BrH/c1-2-9-15-10-6-11-16(15)12-14(17)13-7-4-3-5-8-13;/h2-8,10-11H,1,9,12H2;1H/q+1;/p-1. The van der Waals surface area contributed by atoms with Crippen molar-refractivity contribution in [1.29, 1.82) is 0 Å². The molecule has 0 atom stereocenters. The van der Waals surface area contributed by atoms with Gasteiger partial charge >= 0.3 is 0 Å². The molecule has 1 aromatic heterocycles. The number of ketones is 1. The summed E-state index contributed by atoms with van der Waals surface area (Å²) in [6.07, 6.45) is 5.63. The highest BCUT2D eigenvalue weighted by atomic mass is 79.9. The van der Waals surface area contributed by atoms with Crippen molar-refractivity contribution in [1.82, 2.24) is 4.68 Å². The molecule has 0 aliphatic heterocycles. The molecule has 94 valence electrons. The average Bonchev–Trinajstić information content (AvgIpc) is 2.78. The summed E-state index contributed by atoms with van der Waals surface area (Å²) in [6.45, 7) is 4.75. The van der Waals surface area contributed by atoms with E-state index >= 15 is 0 Å². The lowest BCUT2D eigenvalue weighted by Gasteiger charge is -2.00. The first kappa shape index (κ1) is 14.4. The second-order valence-electron chi connectivity index (χ2n) is 3.79. The van der Waals surface area contributed by atoms with Crippen molar-refractivity contribution in [3.63, 3.8) is 0 Å². The molecule has 0 bridgehead atoms. The number of aromatic nitrogens is 2. The number of allylic oxidation sites excluding steroid dienone is 1. The van der Waals surface area contributed by atoms with E-state index in [-0.39, 0.29) is 22.8 Å². The first-order chi connectivity index (χ1) is 8.31. The Kier molecular flexibility index (Phi) is 5.52. The molecule has 0 saturated heterocycles. The van der Waals surface area contributed by atoms with Crippen LogP contribution in [0.5, 0.6) is 0 Å². The average molecular weight is 307 g/mol. The number of carbonyl (C=O) groups is 1. The second kappa shape index (κ2) is 6.91. The lowest BCUT2D eigenvalue weighted by atomic mass is 10.1. The number of rotatable bonds is 5. The van der Waals surface area contributed by atoms with Crippen LogP contribution >= 0.6 is 0 Å². The summed E-state index contributed by atoms with van der Waals surface area (Å²) in [7, 11) is 0. The fraction of sp³-hybridized carbons (Fsp3) is 0.143. The van der Waals surface area contributed by atoms with E-state index in [0.29, 0.717) is 13.1 Å². The predicted molar refractivity (Wildman–Crippen MR) is 65.6 cm³/mol. The van der Waals surface area contributed by atoms with Crippen molar-refractivity contribution in [2.24, 2.45) is 0 Å². The first-order valence-electron chi connectivity index (χ1n) is 5.55. The van der Waals surface area contributed by atoms with E-state index in [1.165, 1.54) is 0 Å². The Morgan fingerprint density at radius 3 is 2.67 bits per heavy atom. The molecule has 1 aromatic carbocycles. The molecule has 0 saturated carbocycles. The molecule has 0 spiro atoms. The largest absolute Gasteiger partial charge is 1.00 e. The SMILES string of the molecule is C=CCn1ccc[n+]1CC(=O)c1ccccc1.[Br-]. The van der Waals surface area contributed by atoms with E-state index in [2.05, 4.69) is 6.58 Å². The van der Waals surface area contributed by atoms with Gasteiger partial charge in [0.1, 0.15) is 0 Å².